The van der Waals surface area contributed by atoms with Crippen molar-refractivity contribution in [2.24, 2.45) is 4.99 Å². The summed E-state index contributed by atoms with van der Waals surface area (Å²) >= 11 is 0. The predicted molar refractivity (Wildman–Crippen MR) is 79.4 cm³/mol. The molecule has 0 aliphatic rings. The second-order valence-corrected chi connectivity index (χ2v) is 4.66. The molecule has 0 unspecified atom stereocenters. The zero-order valence-electron chi connectivity index (χ0n) is 12.0. The van der Waals surface area contributed by atoms with Crippen molar-refractivity contribution >= 4 is 17.1 Å². The maximum Gasteiger partial charge on any atom is 0.162 e. The van der Waals surface area contributed by atoms with E-state index in [1.807, 2.05) is 13.8 Å². The van der Waals surface area contributed by atoms with E-state index in [2.05, 4.69) is 11.9 Å². The van der Waals surface area contributed by atoms with E-state index in [1.54, 1.807) is 24.3 Å². The van der Waals surface area contributed by atoms with E-state index < -0.39 is 0 Å². The highest BCUT2D eigenvalue weighted by Crippen LogP contribution is 2.23. The summed E-state index contributed by atoms with van der Waals surface area (Å²) in [7, 11) is 0. The van der Waals surface area contributed by atoms with Gasteiger partial charge in [-0.1, -0.05) is 25.5 Å². The lowest BCUT2D eigenvalue weighted by atomic mass is 10.0. The molecule has 1 aromatic carbocycles. The quantitative estimate of drug-likeness (QED) is 0.642. The highest BCUT2D eigenvalue weighted by atomic mass is 16.3. The van der Waals surface area contributed by atoms with Crippen LogP contribution in [0.25, 0.3) is 5.57 Å². The van der Waals surface area contributed by atoms with E-state index in [0.29, 0.717) is 5.57 Å². The Morgan fingerprint density at radius 3 is 2.21 bits per heavy atom. The van der Waals surface area contributed by atoms with Gasteiger partial charge in [-0.05, 0) is 44.9 Å². The predicted octanol–water partition coefficient (Wildman–Crippen LogP) is 3.97. The van der Waals surface area contributed by atoms with Crippen LogP contribution in [0, 0.1) is 0 Å². The molecule has 1 aromatic rings. The fourth-order valence-electron chi connectivity index (χ4n) is 2.05. The minimum Gasteiger partial charge on any atom is -0.508 e. The number of benzene rings is 1. The molecule has 0 aromatic heterocycles. The van der Waals surface area contributed by atoms with Gasteiger partial charge in [0.2, 0.25) is 0 Å². The molecule has 3 nitrogen and oxygen atoms in total. The second kappa shape index (κ2) is 6.88. The Labute approximate surface area is 114 Å². The van der Waals surface area contributed by atoms with Gasteiger partial charge in [0, 0.05) is 17.0 Å². The number of phenols is 1. The van der Waals surface area contributed by atoms with Crippen LogP contribution in [0.15, 0.2) is 35.0 Å². The van der Waals surface area contributed by atoms with E-state index >= 15 is 0 Å². The van der Waals surface area contributed by atoms with Crippen LogP contribution < -0.4 is 0 Å². The molecular weight excluding hydrogens is 238 g/mol. The molecule has 0 fully saturated rings. The zero-order chi connectivity index (χ0) is 14.4. The van der Waals surface area contributed by atoms with Crippen LogP contribution in [-0.4, -0.2) is 16.6 Å². The maximum atomic E-state index is 11.8. The number of hydrogen-bond acceptors (Lipinski definition) is 3. The average Bonchev–Trinajstić information content (AvgIpc) is 2.31. The molecule has 0 bridgehead atoms. The van der Waals surface area contributed by atoms with Crippen LogP contribution in [0.5, 0.6) is 5.75 Å². The van der Waals surface area contributed by atoms with Gasteiger partial charge in [0.25, 0.3) is 0 Å². The molecule has 0 aliphatic carbocycles. The fourth-order valence-corrected chi connectivity index (χ4v) is 2.05. The topological polar surface area (TPSA) is 49.7 Å². The second-order valence-electron chi connectivity index (χ2n) is 4.66. The fraction of sp³-hybridized carbons (Fsp3) is 0.375. The van der Waals surface area contributed by atoms with Crippen LogP contribution in [-0.2, 0) is 4.79 Å². The molecule has 0 atom stereocenters. The van der Waals surface area contributed by atoms with Gasteiger partial charge in [0.15, 0.2) is 5.78 Å². The van der Waals surface area contributed by atoms with E-state index in [9.17, 15) is 9.90 Å². The highest BCUT2D eigenvalue weighted by molar-refractivity contribution is 6.20. The number of aromatic hydroxyl groups is 1. The van der Waals surface area contributed by atoms with E-state index in [0.717, 1.165) is 29.8 Å². The third kappa shape index (κ3) is 4.36. The number of carbonyl (C=O) groups excluding carboxylic acids is 1. The highest BCUT2D eigenvalue weighted by Gasteiger charge is 2.11. The lowest BCUT2D eigenvalue weighted by Crippen LogP contribution is -2.00. The van der Waals surface area contributed by atoms with Gasteiger partial charge in [-0.25, -0.2) is 0 Å². The SMILES string of the molecule is CCCC(C)=N/C(C)=C(\C(C)=O)c1ccc(O)cc1. The molecule has 0 aliphatic heterocycles. The van der Waals surface area contributed by atoms with Crippen molar-refractivity contribution in [1.29, 1.82) is 0 Å². The Kier molecular flexibility index (Phi) is 5.49. The minimum absolute atomic E-state index is 0.0174. The summed E-state index contributed by atoms with van der Waals surface area (Å²) in [5, 5.41) is 9.30. The van der Waals surface area contributed by atoms with Gasteiger partial charge < -0.3 is 5.11 Å². The number of allylic oxidation sites excluding steroid dienone is 2. The average molecular weight is 259 g/mol. The van der Waals surface area contributed by atoms with E-state index in [4.69, 9.17) is 0 Å². The zero-order valence-corrected chi connectivity index (χ0v) is 12.0. The van der Waals surface area contributed by atoms with Crippen LogP contribution in [0.2, 0.25) is 0 Å². The van der Waals surface area contributed by atoms with Crippen LogP contribution in [0.1, 0.15) is 46.1 Å². The van der Waals surface area contributed by atoms with E-state index in [-0.39, 0.29) is 11.5 Å². The molecule has 1 N–H and O–H groups in total. The Bertz CT molecular complexity index is 510. The van der Waals surface area contributed by atoms with E-state index in [1.165, 1.54) is 6.92 Å². The lowest BCUT2D eigenvalue weighted by Gasteiger charge is -2.08. The van der Waals surface area contributed by atoms with Gasteiger partial charge >= 0.3 is 0 Å². The largest absolute Gasteiger partial charge is 0.508 e. The molecule has 0 saturated carbocycles. The van der Waals surface area contributed by atoms with Crippen LogP contribution >= 0.6 is 0 Å². The number of phenolic OH excluding ortho intramolecular Hbond substituents is 1. The molecule has 0 heterocycles. The van der Waals surface area contributed by atoms with Gasteiger partial charge in [-0.2, -0.15) is 0 Å². The molecule has 1 rings (SSSR count). The molecule has 19 heavy (non-hydrogen) atoms. The van der Waals surface area contributed by atoms with Crippen molar-refractivity contribution in [3.05, 3.63) is 35.5 Å². The summed E-state index contributed by atoms with van der Waals surface area (Å²) in [5.41, 5.74) is 3.15. The standard InChI is InChI=1S/C16H21NO2/c1-5-6-11(2)17-12(3)16(13(4)18)14-7-9-15(19)10-8-14/h7-10,19H,5-6H2,1-4H3/b16-12+,17-11?. The summed E-state index contributed by atoms with van der Waals surface area (Å²) in [6.07, 6.45) is 1.97. The van der Waals surface area contributed by atoms with Crippen LogP contribution in [0.4, 0.5) is 0 Å². The third-order valence-electron chi connectivity index (χ3n) is 2.84. The van der Waals surface area contributed by atoms with Crippen molar-refractivity contribution in [3.8, 4) is 5.75 Å². The van der Waals surface area contributed by atoms with Crippen molar-refractivity contribution in [2.45, 2.75) is 40.5 Å². The number of aliphatic imine (C=N–C) groups is 1. The number of carbonyl (C=O) groups is 1. The minimum atomic E-state index is -0.0174. The summed E-state index contributed by atoms with van der Waals surface area (Å²) in [5.74, 6) is 0.172. The lowest BCUT2D eigenvalue weighted by molar-refractivity contribution is -0.111. The van der Waals surface area contributed by atoms with Gasteiger partial charge in [-0.15, -0.1) is 0 Å². The first-order valence-electron chi connectivity index (χ1n) is 6.51. The first-order chi connectivity index (χ1) is 8.95. The first kappa shape index (κ1) is 15.2. The Morgan fingerprint density at radius 1 is 1.16 bits per heavy atom. The van der Waals surface area contributed by atoms with Crippen molar-refractivity contribution in [2.75, 3.05) is 0 Å². The molecule has 102 valence electrons. The normalized spacial score (nSPS) is 13.2. The van der Waals surface area contributed by atoms with Gasteiger partial charge in [-0.3, -0.25) is 9.79 Å². The van der Waals surface area contributed by atoms with Crippen molar-refractivity contribution < 1.29 is 9.90 Å². The molecule has 0 saturated heterocycles. The summed E-state index contributed by atoms with van der Waals surface area (Å²) in [6, 6.07) is 6.63. The smallest absolute Gasteiger partial charge is 0.162 e. The van der Waals surface area contributed by atoms with Crippen LogP contribution in [0.3, 0.4) is 0 Å². The van der Waals surface area contributed by atoms with Crippen molar-refractivity contribution in [3.63, 3.8) is 0 Å². The summed E-state index contributed by atoms with van der Waals surface area (Å²) in [6.45, 7) is 7.46. The molecule has 3 heteroatoms. The Hall–Kier alpha value is -1.90. The van der Waals surface area contributed by atoms with Gasteiger partial charge in [0.05, 0.1) is 0 Å². The number of Topliss-reactive ketones (excluding diaryl/α,β-unsaturated/α-hetero) is 1. The van der Waals surface area contributed by atoms with Gasteiger partial charge in [0.1, 0.15) is 5.75 Å². The molecule has 0 radical (unpaired) electrons. The van der Waals surface area contributed by atoms with Crippen molar-refractivity contribution in [1.82, 2.24) is 0 Å². The number of ketones is 1. The molecular formula is C16H21NO2. The Balaban J connectivity index is 3.23. The number of nitrogens with zero attached hydrogens (tertiary/aromatic N) is 1. The molecule has 0 spiro atoms. The first-order valence-corrected chi connectivity index (χ1v) is 6.51. The number of rotatable bonds is 5. The molecule has 0 amide bonds. The maximum absolute atomic E-state index is 11.8. The summed E-state index contributed by atoms with van der Waals surface area (Å²) < 4.78 is 0. The Morgan fingerprint density at radius 2 is 1.74 bits per heavy atom. The third-order valence-corrected chi connectivity index (χ3v) is 2.84. The summed E-state index contributed by atoms with van der Waals surface area (Å²) in [4.78, 5) is 16.3. The number of hydrogen-bond donors (Lipinski definition) is 1. The monoisotopic (exact) mass is 259 g/mol.